The molecular weight excluding hydrogens is 266 g/mol. The van der Waals surface area contributed by atoms with Crippen molar-refractivity contribution >= 4 is 17.2 Å². The van der Waals surface area contributed by atoms with Crippen LogP contribution in [0.3, 0.4) is 0 Å². The predicted molar refractivity (Wildman–Crippen MR) is 67.3 cm³/mol. The Hall–Kier alpha value is -2.83. The van der Waals surface area contributed by atoms with Gasteiger partial charge >= 0.3 is 0 Å². The highest BCUT2D eigenvalue weighted by Crippen LogP contribution is 2.19. The number of fused-ring (bicyclic) bond motifs is 1. The van der Waals surface area contributed by atoms with Crippen LogP contribution in [0.2, 0.25) is 0 Å². The maximum absolute atomic E-state index is 13.5. The van der Waals surface area contributed by atoms with Crippen molar-refractivity contribution in [1.82, 2.24) is 14.6 Å². The zero-order valence-corrected chi connectivity index (χ0v) is 10.0. The van der Waals surface area contributed by atoms with E-state index in [9.17, 15) is 13.6 Å². The van der Waals surface area contributed by atoms with Gasteiger partial charge in [0.25, 0.3) is 5.91 Å². The minimum absolute atomic E-state index is 0.127. The van der Waals surface area contributed by atoms with Gasteiger partial charge in [-0.25, -0.2) is 18.3 Å². The van der Waals surface area contributed by atoms with Gasteiger partial charge in [0.1, 0.15) is 23.0 Å². The molecule has 0 aliphatic rings. The molecule has 0 saturated carbocycles. The van der Waals surface area contributed by atoms with E-state index in [1.165, 1.54) is 29.0 Å². The van der Waals surface area contributed by atoms with Crippen molar-refractivity contribution in [2.24, 2.45) is 0 Å². The second kappa shape index (κ2) is 4.69. The van der Waals surface area contributed by atoms with E-state index in [0.717, 1.165) is 12.1 Å². The van der Waals surface area contributed by atoms with Crippen LogP contribution in [0.4, 0.5) is 14.5 Å². The SMILES string of the molecule is O=C(Nc1c(F)cccc1F)c1ccnc2ccnn12. The molecule has 0 fully saturated rings. The van der Waals surface area contributed by atoms with Crippen LogP contribution in [-0.4, -0.2) is 20.5 Å². The van der Waals surface area contributed by atoms with Gasteiger partial charge in [-0.3, -0.25) is 4.79 Å². The lowest BCUT2D eigenvalue weighted by Gasteiger charge is -2.08. The fourth-order valence-electron chi connectivity index (χ4n) is 1.80. The summed E-state index contributed by atoms with van der Waals surface area (Å²) < 4.78 is 28.3. The molecule has 0 bridgehead atoms. The summed E-state index contributed by atoms with van der Waals surface area (Å²) in [6, 6.07) is 6.37. The summed E-state index contributed by atoms with van der Waals surface area (Å²) in [6.07, 6.45) is 2.90. The summed E-state index contributed by atoms with van der Waals surface area (Å²) in [5.41, 5.74) is 0.101. The summed E-state index contributed by atoms with van der Waals surface area (Å²) in [6.45, 7) is 0. The molecule has 1 N–H and O–H groups in total. The first-order chi connectivity index (χ1) is 9.66. The zero-order valence-electron chi connectivity index (χ0n) is 10.0. The number of anilines is 1. The first-order valence-electron chi connectivity index (χ1n) is 5.71. The Bertz CT molecular complexity index is 780. The Morgan fingerprint density at radius 2 is 1.85 bits per heavy atom. The summed E-state index contributed by atoms with van der Waals surface area (Å²) in [5, 5.41) is 6.13. The van der Waals surface area contributed by atoms with E-state index < -0.39 is 23.2 Å². The molecular formula is C13H8F2N4O. The lowest BCUT2D eigenvalue weighted by atomic mass is 10.2. The highest BCUT2D eigenvalue weighted by atomic mass is 19.1. The summed E-state index contributed by atoms with van der Waals surface area (Å²) in [4.78, 5) is 16.1. The molecule has 20 heavy (non-hydrogen) atoms. The molecule has 0 unspecified atom stereocenters. The van der Waals surface area contributed by atoms with Crippen molar-refractivity contribution in [2.75, 3.05) is 5.32 Å². The summed E-state index contributed by atoms with van der Waals surface area (Å²) >= 11 is 0. The number of amides is 1. The number of para-hydroxylation sites is 1. The summed E-state index contributed by atoms with van der Waals surface area (Å²) in [5.74, 6) is -2.36. The Kier molecular flexibility index (Phi) is 2.86. The molecule has 0 aliphatic heterocycles. The van der Waals surface area contributed by atoms with Crippen LogP contribution >= 0.6 is 0 Å². The molecule has 0 aliphatic carbocycles. The highest BCUT2D eigenvalue weighted by Gasteiger charge is 2.16. The van der Waals surface area contributed by atoms with Gasteiger partial charge in [0, 0.05) is 12.3 Å². The van der Waals surface area contributed by atoms with E-state index in [2.05, 4.69) is 15.4 Å². The Morgan fingerprint density at radius 3 is 2.60 bits per heavy atom. The fraction of sp³-hybridized carbons (Fsp3) is 0. The van der Waals surface area contributed by atoms with Gasteiger partial charge in [-0.05, 0) is 18.2 Å². The molecule has 0 saturated heterocycles. The number of nitrogens with zero attached hydrogens (tertiary/aromatic N) is 3. The van der Waals surface area contributed by atoms with Crippen LogP contribution in [0.1, 0.15) is 10.5 Å². The van der Waals surface area contributed by atoms with Gasteiger partial charge < -0.3 is 5.32 Å². The molecule has 0 radical (unpaired) electrons. The van der Waals surface area contributed by atoms with Gasteiger partial charge in [0.15, 0.2) is 5.65 Å². The number of nitrogens with one attached hydrogen (secondary N) is 1. The number of carbonyl (C=O) groups is 1. The standard InChI is InChI=1S/C13H8F2N4O/c14-8-2-1-3-9(15)12(8)18-13(20)10-4-6-16-11-5-7-17-19(10)11/h1-7H,(H,18,20). The number of benzene rings is 1. The molecule has 0 spiro atoms. The maximum atomic E-state index is 13.5. The highest BCUT2D eigenvalue weighted by molar-refractivity contribution is 6.03. The van der Waals surface area contributed by atoms with Crippen molar-refractivity contribution in [3.8, 4) is 0 Å². The van der Waals surface area contributed by atoms with E-state index in [1.807, 2.05) is 0 Å². The van der Waals surface area contributed by atoms with Crippen molar-refractivity contribution in [1.29, 1.82) is 0 Å². The third-order valence-electron chi connectivity index (χ3n) is 2.72. The van der Waals surface area contributed by atoms with Crippen LogP contribution in [0.25, 0.3) is 5.65 Å². The topological polar surface area (TPSA) is 59.3 Å². The molecule has 1 aromatic carbocycles. The lowest BCUT2D eigenvalue weighted by molar-refractivity contribution is 0.101. The quantitative estimate of drug-likeness (QED) is 0.779. The molecule has 3 rings (SSSR count). The largest absolute Gasteiger partial charge is 0.316 e. The average Bonchev–Trinajstić information content (AvgIpc) is 2.91. The van der Waals surface area contributed by atoms with Crippen LogP contribution in [0, 0.1) is 11.6 Å². The molecule has 1 amide bonds. The van der Waals surface area contributed by atoms with Gasteiger partial charge in [0.2, 0.25) is 0 Å². The number of hydrogen-bond acceptors (Lipinski definition) is 3. The maximum Gasteiger partial charge on any atom is 0.274 e. The minimum atomic E-state index is -0.843. The van der Waals surface area contributed by atoms with Gasteiger partial charge in [-0.15, -0.1) is 0 Å². The first-order valence-corrected chi connectivity index (χ1v) is 5.71. The van der Waals surface area contributed by atoms with E-state index >= 15 is 0 Å². The van der Waals surface area contributed by atoms with E-state index in [0.29, 0.717) is 5.65 Å². The number of halogens is 2. The smallest absolute Gasteiger partial charge is 0.274 e. The Morgan fingerprint density at radius 1 is 1.10 bits per heavy atom. The van der Waals surface area contributed by atoms with Gasteiger partial charge in [-0.1, -0.05) is 6.07 Å². The number of aromatic nitrogens is 3. The van der Waals surface area contributed by atoms with E-state index in [-0.39, 0.29) is 5.69 Å². The van der Waals surface area contributed by atoms with Gasteiger partial charge in [-0.2, -0.15) is 5.10 Å². The molecule has 5 nitrogen and oxygen atoms in total. The number of hydrogen-bond donors (Lipinski definition) is 1. The second-order valence-corrected chi connectivity index (χ2v) is 3.98. The number of rotatable bonds is 2. The average molecular weight is 274 g/mol. The number of carbonyl (C=O) groups excluding carboxylic acids is 1. The molecule has 3 aromatic rings. The van der Waals surface area contributed by atoms with Crippen LogP contribution < -0.4 is 5.32 Å². The molecule has 2 heterocycles. The second-order valence-electron chi connectivity index (χ2n) is 3.98. The first kappa shape index (κ1) is 12.2. The molecule has 100 valence electrons. The van der Waals surface area contributed by atoms with Crippen LogP contribution in [-0.2, 0) is 0 Å². The molecule has 0 atom stereocenters. The predicted octanol–water partition coefficient (Wildman–Crippen LogP) is 2.26. The fourth-order valence-corrected chi connectivity index (χ4v) is 1.80. The molecule has 7 heteroatoms. The van der Waals surface area contributed by atoms with Crippen LogP contribution in [0.15, 0.2) is 42.7 Å². The van der Waals surface area contributed by atoms with E-state index in [4.69, 9.17) is 0 Å². The zero-order chi connectivity index (χ0) is 14.1. The minimum Gasteiger partial charge on any atom is -0.316 e. The Balaban J connectivity index is 2.00. The van der Waals surface area contributed by atoms with Crippen molar-refractivity contribution in [2.45, 2.75) is 0 Å². The van der Waals surface area contributed by atoms with Crippen molar-refractivity contribution in [3.05, 3.63) is 60.1 Å². The third-order valence-corrected chi connectivity index (χ3v) is 2.72. The van der Waals surface area contributed by atoms with Crippen molar-refractivity contribution < 1.29 is 13.6 Å². The van der Waals surface area contributed by atoms with Crippen molar-refractivity contribution in [3.63, 3.8) is 0 Å². The lowest BCUT2D eigenvalue weighted by Crippen LogP contribution is -2.18. The van der Waals surface area contributed by atoms with E-state index in [1.54, 1.807) is 6.07 Å². The third kappa shape index (κ3) is 1.99. The van der Waals surface area contributed by atoms with Gasteiger partial charge in [0.05, 0.1) is 6.20 Å². The summed E-state index contributed by atoms with van der Waals surface area (Å²) in [7, 11) is 0. The Labute approximate surface area is 111 Å². The van der Waals surface area contributed by atoms with Crippen LogP contribution in [0.5, 0.6) is 0 Å². The molecule has 2 aromatic heterocycles. The normalized spacial score (nSPS) is 10.7. The monoisotopic (exact) mass is 274 g/mol.